The van der Waals surface area contributed by atoms with E-state index < -0.39 is 5.60 Å². The smallest absolute Gasteiger partial charge is 0.226 e. The van der Waals surface area contributed by atoms with Gasteiger partial charge in [-0.2, -0.15) is 0 Å². The Balaban J connectivity index is 1.72. The highest BCUT2D eigenvalue weighted by molar-refractivity contribution is 5.78. The molecule has 0 unspecified atom stereocenters. The van der Waals surface area contributed by atoms with E-state index >= 15 is 0 Å². The summed E-state index contributed by atoms with van der Waals surface area (Å²) in [5.41, 5.74) is -0.507. The van der Waals surface area contributed by atoms with E-state index in [1.165, 1.54) is 12.8 Å². The molecule has 4 heteroatoms. The number of aliphatic hydroxyl groups is 1. The Morgan fingerprint density at radius 2 is 1.85 bits per heavy atom. The summed E-state index contributed by atoms with van der Waals surface area (Å²) in [4.78, 5) is 16.6. The molecule has 20 heavy (non-hydrogen) atoms. The van der Waals surface area contributed by atoms with E-state index in [0.29, 0.717) is 6.54 Å². The summed E-state index contributed by atoms with van der Waals surface area (Å²) in [6, 6.07) is 0. The number of rotatable bonds is 6. The van der Waals surface area contributed by atoms with Crippen LogP contribution in [0.4, 0.5) is 0 Å². The second-order valence-electron chi connectivity index (χ2n) is 6.85. The van der Waals surface area contributed by atoms with E-state index in [1.54, 1.807) is 0 Å². The van der Waals surface area contributed by atoms with Gasteiger partial charge in [-0.1, -0.05) is 19.8 Å². The second kappa shape index (κ2) is 6.90. The SMILES string of the molecule is C[C@H](CN1CCCC1)C(=O)N(C)CCC1(O)CCCC1. The predicted octanol–water partition coefficient (Wildman–Crippen LogP) is 1.87. The number of carbonyl (C=O) groups excluding carboxylic acids is 1. The lowest BCUT2D eigenvalue weighted by Gasteiger charge is -2.28. The summed E-state index contributed by atoms with van der Waals surface area (Å²) in [5.74, 6) is 0.287. The number of carbonyl (C=O) groups is 1. The maximum atomic E-state index is 12.4. The molecule has 2 aliphatic rings. The highest BCUT2D eigenvalue weighted by Gasteiger charge is 2.31. The minimum Gasteiger partial charge on any atom is -0.390 e. The zero-order chi connectivity index (χ0) is 14.6. The Morgan fingerprint density at radius 1 is 1.25 bits per heavy atom. The van der Waals surface area contributed by atoms with Gasteiger partial charge in [-0.05, 0) is 45.2 Å². The molecule has 0 aromatic heterocycles. The molecule has 1 saturated heterocycles. The van der Waals surface area contributed by atoms with Crippen molar-refractivity contribution in [2.75, 3.05) is 33.2 Å². The zero-order valence-electron chi connectivity index (χ0n) is 13.1. The van der Waals surface area contributed by atoms with Gasteiger partial charge in [0.15, 0.2) is 0 Å². The molecule has 1 saturated carbocycles. The number of amides is 1. The maximum Gasteiger partial charge on any atom is 0.226 e. The minimum atomic E-state index is -0.507. The van der Waals surface area contributed by atoms with Crippen LogP contribution in [0.2, 0.25) is 0 Å². The zero-order valence-corrected chi connectivity index (χ0v) is 13.1. The highest BCUT2D eigenvalue weighted by atomic mass is 16.3. The monoisotopic (exact) mass is 282 g/mol. The molecule has 1 aliphatic heterocycles. The largest absolute Gasteiger partial charge is 0.390 e. The van der Waals surface area contributed by atoms with Crippen molar-refractivity contribution in [3.05, 3.63) is 0 Å². The molecule has 1 heterocycles. The van der Waals surface area contributed by atoms with Crippen LogP contribution in [0.5, 0.6) is 0 Å². The van der Waals surface area contributed by atoms with Crippen LogP contribution >= 0.6 is 0 Å². The third-order valence-electron chi connectivity index (χ3n) is 4.98. The van der Waals surface area contributed by atoms with Gasteiger partial charge >= 0.3 is 0 Å². The second-order valence-corrected chi connectivity index (χ2v) is 6.85. The van der Waals surface area contributed by atoms with Crippen LogP contribution in [0.3, 0.4) is 0 Å². The third kappa shape index (κ3) is 4.19. The normalized spacial score (nSPS) is 23.9. The number of hydrogen-bond acceptors (Lipinski definition) is 3. The van der Waals surface area contributed by atoms with E-state index in [9.17, 15) is 9.90 Å². The summed E-state index contributed by atoms with van der Waals surface area (Å²) in [6.07, 6.45) is 7.31. The van der Waals surface area contributed by atoms with Gasteiger partial charge in [-0.25, -0.2) is 0 Å². The van der Waals surface area contributed by atoms with E-state index in [1.807, 2.05) is 18.9 Å². The minimum absolute atomic E-state index is 0.0660. The molecule has 1 aliphatic carbocycles. The van der Waals surface area contributed by atoms with Gasteiger partial charge in [0, 0.05) is 26.1 Å². The third-order valence-corrected chi connectivity index (χ3v) is 4.98. The summed E-state index contributed by atoms with van der Waals surface area (Å²) in [5, 5.41) is 10.3. The Morgan fingerprint density at radius 3 is 2.45 bits per heavy atom. The summed E-state index contributed by atoms with van der Waals surface area (Å²) < 4.78 is 0. The molecule has 2 fully saturated rings. The van der Waals surface area contributed by atoms with E-state index in [4.69, 9.17) is 0 Å². The van der Waals surface area contributed by atoms with E-state index in [0.717, 1.165) is 51.7 Å². The first kappa shape index (κ1) is 15.8. The Hall–Kier alpha value is -0.610. The predicted molar refractivity (Wildman–Crippen MR) is 80.5 cm³/mol. The molecular formula is C16H30N2O2. The van der Waals surface area contributed by atoms with Crippen LogP contribution < -0.4 is 0 Å². The molecule has 0 aromatic rings. The molecule has 0 bridgehead atoms. The number of nitrogens with zero attached hydrogens (tertiary/aromatic N) is 2. The van der Waals surface area contributed by atoms with Crippen molar-refractivity contribution in [2.45, 2.75) is 57.5 Å². The van der Waals surface area contributed by atoms with Crippen molar-refractivity contribution in [2.24, 2.45) is 5.92 Å². The lowest BCUT2D eigenvalue weighted by Crippen LogP contribution is -2.40. The van der Waals surface area contributed by atoms with E-state index in [-0.39, 0.29) is 11.8 Å². The quantitative estimate of drug-likeness (QED) is 0.809. The van der Waals surface area contributed by atoms with Crippen molar-refractivity contribution in [3.63, 3.8) is 0 Å². The first-order valence-electron chi connectivity index (χ1n) is 8.20. The van der Waals surface area contributed by atoms with Gasteiger partial charge in [-0.3, -0.25) is 4.79 Å². The van der Waals surface area contributed by atoms with Gasteiger partial charge < -0.3 is 14.9 Å². The number of hydrogen-bond donors (Lipinski definition) is 1. The van der Waals surface area contributed by atoms with Crippen molar-refractivity contribution < 1.29 is 9.90 Å². The summed E-state index contributed by atoms with van der Waals surface area (Å²) in [6.45, 7) is 5.87. The van der Waals surface area contributed by atoms with Crippen LogP contribution in [0, 0.1) is 5.92 Å². The van der Waals surface area contributed by atoms with Crippen LogP contribution in [0.25, 0.3) is 0 Å². The topological polar surface area (TPSA) is 43.8 Å². The molecule has 0 spiro atoms. The Kier molecular flexibility index (Phi) is 5.44. The first-order valence-corrected chi connectivity index (χ1v) is 8.20. The maximum absolute atomic E-state index is 12.4. The molecule has 2 rings (SSSR count). The molecule has 1 amide bonds. The van der Waals surface area contributed by atoms with Gasteiger partial charge in [0.05, 0.1) is 5.60 Å². The standard InChI is InChI=1S/C16H30N2O2/c1-14(13-18-10-5-6-11-18)15(19)17(2)12-9-16(20)7-3-4-8-16/h14,20H,3-13H2,1-2H3/t14-/m1/s1. The van der Waals surface area contributed by atoms with Gasteiger partial charge in [0.25, 0.3) is 0 Å². The first-order chi connectivity index (χ1) is 9.50. The van der Waals surface area contributed by atoms with Crippen LogP contribution in [-0.4, -0.2) is 59.6 Å². The lowest BCUT2D eigenvalue weighted by atomic mass is 9.97. The van der Waals surface area contributed by atoms with Crippen LogP contribution in [-0.2, 0) is 4.79 Å². The van der Waals surface area contributed by atoms with Crippen LogP contribution in [0.1, 0.15) is 51.9 Å². The van der Waals surface area contributed by atoms with Crippen LogP contribution in [0.15, 0.2) is 0 Å². The van der Waals surface area contributed by atoms with Crippen molar-refractivity contribution in [3.8, 4) is 0 Å². The highest BCUT2D eigenvalue weighted by Crippen LogP contribution is 2.32. The molecule has 0 radical (unpaired) electrons. The van der Waals surface area contributed by atoms with Crippen molar-refractivity contribution in [1.29, 1.82) is 0 Å². The molecular weight excluding hydrogens is 252 g/mol. The van der Waals surface area contributed by atoms with Gasteiger partial charge in [-0.15, -0.1) is 0 Å². The fraction of sp³-hybridized carbons (Fsp3) is 0.938. The number of likely N-dealkylation sites (tertiary alicyclic amines) is 1. The Bertz CT molecular complexity index is 320. The summed E-state index contributed by atoms with van der Waals surface area (Å²) >= 11 is 0. The van der Waals surface area contributed by atoms with E-state index in [2.05, 4.69) is 4.90 Å². The molecule has 1 atom stereocenters. The van der Waals surface area contributed by atoms with Crippen molar-refractivity contribution >= 4 is 5.91 Å². The summed E-state index contributed by atoms with van der Waals surface area (Å²) in [7, 11) is 1.88. The fourth-order valence-electron chi connectivity index (χ4n) is 3.58. The van der Waals surface area contributed by atoms with Gasteiger partial charge in [0.2, 0.25) is 5.91 Å². The average Bonchev–Trinajstić information content (AvgIpc) is 3.07. The molecule has 0 aromatic carbocycles. The fourth-order valence-corrected chi connectivity index (χ4v) is 3.58. The van der Waals surface area contributed by atoms with Gasteiger partial charge in [0.1, 0.15) is 0 Å². The molecule has 4 nitrogen and oxygen atoms in total. The van der Waals surface area contributed by atoms with Crippen molar-refractivity contribution in [1.82, 2.24) is 9.80 Å². The average molecular weight is 282 g/mol. The Labute approximate surface area is 123 Å². The lowest BCUT2D eigenvalue weighted by molar-refractivity contribution is -0.134. The molecule has 1 N–H and O–H groups in total. The molecule has 116 valence electrons.